The second kappa shape index (κ2) is 6.76. The summed E-state index contributed by atoms with van der Waals surface area (Å²) in [6, 6.07) is 5.91. The van der Waals surface area contributed by atoms with Crippen molar-refractivity contribution in [3.8, 4) is 11.5 Å². The number of amides is 1. The van der Waals surface area contributed by atoms with E-state index in [-0.39, 0.29) is 16.4 Å². The van der Waals surface area contributed by atoms with Crippen molar-refractivity contribution in [3.05, 3.63) is 35.0 Å². The highest BCUT2D eigenvalue weighted by Gasteiger charge is 2.32. The largest absolute Gasteiger partial charge is 0.493 e. The average molecular weight is 347 g/mol. The van der Waals surface area contributed by atoms with Crippen molar-refractivity contribution in [2.24, 2.45) is 0 Å². The third-order valence-corrected chi connectivity index (χ3v) is 5.40. The molecule has 2 aromatic rings. The summed E-state index contributed by atoms with van der Waals surface area (Å²) in [5, 5.41) is 9.91. The molecule has 0 saturated heterocycles. The van der Waals surface area contributed by atoms with Gasteiger partial charge in [-0.1, -0.05) is 6.07 Å². The summed E-state index contributed by atoms with van der Waals surface area (Å²) in [7, 11) is 1.63. The number of nitrogens with zero attached hydrogens (tertiary/aromatic N) is 1. The molecule has 3 rings (SSSR count). The third kappa shape index (κ3) is 2.96. The van der Waals surface area contributed by atoms with E-state index in [2.05, 4.69) is 15.5 Å². The number of H-pyrrole nitrogens is 1. The van der Waals surface area contributed by atoms with Gasteiger partial charge in [-0.05, 0) is 38.5 Å². The van der Waals surface area contributed by atoms with E-state index in [4.69, 9.17) is 9.47 Å². The Labute approximate surface area is 145 Å². The Balaban J connectivity index is 2.07. The molecule has 24 heavy (non-hydrogen) atoms. The number of methoxy groups -OCH3 is 1. The maximum Gasteiger partial charge on any atom is 0.238 e. The topological polar surface area (TPSA) is 76.2 Å². The number of rotatable bonds is 4. The maximum absolute atomic E-state index is 12.2. The van der Waals surface area contributed by atoms with Crippen LogP contribution in [-0.4, -0.2) is 35.1 Å². The third-order valence-electron chi connectivity index (χ3n) is 4.00. The van der Waals surface area contributed by atoms with Crippen molar-refractivity contribution >= 4 is 23.5 Å². The normalized spacial score (nSPS) is 20.1. The van der Waals surface area contributed by atoms with Gasteiger partial charge in [-0.3, -0.25) is 9.89 Å². The van der Waals surface area contributed by atoms with E-state index in [1.54, 1.807) is 18.9 Å². The van der Waals surface area contributed by atoms with E-state index in [0.717, 1.165) is 16.8 Å². The zero-order valence-electron chi connectivity index (χ0n) is 14.2. The number of fused-ring (bicyclic) bond motifs is 1. The van der Waals surface area contributed by atoms with Gasteiger partial charge >= 0.3 is 0 Å². The van der Waals surface area contributed by atoms with Crippen LogP contribution in [0.15, 0.2) is 18.2 Å². The molecule has 2 atom stereocenters. The zero-order chi connectivity index (χ0) is 17.3. The molecular weight excluding hydrogens is 326 g/mol. The maximum atomic E-state index is 12.2. The van der Waals surface area contributed by atoms with Crippen molar-refractivity contribution in [1.29, 1.82) is 0 Å². The Hall–Kier alpha value is -2.15. The second-order valence-electron chi connectivity index (χ2n) is 5.60. The van der Waals surface area contributed by atoms with Crippen LogP contribution in [0.2, 0.25) is 0 Å². The van der Waals surface area contributed by atoms with Gasteiger partial charge in [-0.15, -0.1) is 11.8 Å². The van der Waals surface area contributed by atoms with Gasteiger partial charge in [0.05, 0.1) is 24.2 Å². The number of aromatic amines is 1. The van der Waals surface area contributed by atoms with E-state index in [1.165, 1.54) is 0 Å². The molecule has 1 amide bonds. The Kier molecular flexibility index (Phi) is 4.71. The van der Waals surface area contributed by atoms with Crippen molar-refractivity contribution in [2.45, 2.75) is 31.3 Å². The average Bonchev–Trinajstić information content (AvgIpc) is 2.87. The van der Waals surface area contributed by atoms with Gasteiger partial charge in [0.15, 0.2) is 17.3 Å². The number of ether oxygens (including phenoxy) is 2. The molecule has 128 valence electrons. The van der Waals surface area contributed by atoms with E-state index in [0.29, 0.717) is 23.9 Å². The first kappa shape index (κ1) is 16.7. The Morgan fingerprint density at radius 3 is 2.83 bits per heavy atom. The van der Waals surface area contributed by atoms with Gasteiger partial charge in [0.25, 0.3) is 0 Å². The fraction of sp³-hybridized carbons (Fsp3) is 0.412. The molecule has 0 bridgehead atoms. The Bertz CT molecular complexity index is 760. The van der Waals surface area contributed by atoms with Crippen LogP contribution in [0.25, 0.3) is 0 Å². The van der Waals surface area contributed by atoms with Crippen LogP contribution in [0.5, 0.6) is 11.5 Å². The van der Waals surface area contributed by atoms with Gasteiger partial charge in [0.2, 0.25) is 5.91 Å². The quantitative estimate of drug-likeness (QED) is 0.887. The van der Waals surface area contributed by atoms with E-state index in [9.17, 15) is 4.79 Å². The van der Waals surface area contributed by atoms with E-state index in [1.807, 2.05) is 39.0 Å². The molecule has 0 aliphatic carbocycles. The first-order valence-electron chi connectivity index (χ1n) is 7.87. The predicted molar refractivity (Wildman–Crippen MR) is 95.0 cm³/mol. The molecule has 0 spiro atoms. The van der Waals surface area contributed by atoms with Gasteiger partial charge in [0.1, 0.15) is 0 Å². The standard InChI is InChI=1S/C17H21N3O3S/c1-5-23-12-7-6-11(8-13(12)22-4)15-14-9(2)19-20-16(14)18-17(21)10(3)24-15/h6-8,10,15H,5H2,1-4H3,(H2,18,19,20,21). The molecule has 0 radical (unpaired) electrons. The minimum absolute atomic E-state index is 0.0164. The van der Waals surface area contributed by atoms with Gasteiger partial charge in [-0.25, -0.2) is 0 Å². The summed E-state index contributed by atoms with van der Waals surface area (Å²) < 4.78 is 11.1. The fourth-order valence-corrected chi connectivity index (χ4v) is 4.09. The lowest BCUT2D eigenvalue weighted by atomic mass is 10.0. The lowest BCUT2D eigenvalue weighted by Crippen LogP contribution is -2.21. The number of carbonyl (C=O) groups is 1. The Morgan fingerprint density at radius 1 is 1.33 bits per heavy atom. The minimum atomic E-state index is -0.179. The van der Waals surface area contributed by atoms with Crippen LogP contribution < -0.4 is 14.8 Å². The highest BCUT2D eigenvalue weighted by molar-refractivity contribution is 8.01. The van der Waals surface area contributed by atoms with Crippen molar-refractivity contribution in [1.82, 2.24) is 10.2 Å². The molecular formula is C17H21N3O3S. The molecule has 1 aromatic carbocycles. The Morgan fingerprint density at radius 2 is 2.12 bits per heavy atom. The van der Waals surface area contributed by atoms with Crippen molar-refractivity contribution in [3.63, 3.8) is 0 Å². The second-order valence-corrected chi connectivity index (χ2v) is 7.05. The van der Waals surface area contributed by atoms with Gasteiger partial charge in [0, 0.05) is 11.3 Å². The molecule has 2 unspecified atom stereocenters. The van der Waals surface area contributed by atoms with Gasteiger partial charge < -0.3 is 14.8 Å². The van der Waals surface area contributed by atoms with Crippen molar-refractivity contribution < 1.29 is 14.3 Å². The van der Waals surface area contributed by atoms with Crippen LogP contribution in [-0.2, 0) is 4.79 Å². The molecule has 2 N–H and O–H groups in total. The molecule has 7 heteroatoms. The number of thioether (sulfide) groups is 1. The number of benzene rings is 1. The highest BCUT2D eigenvalue weighted by atomic mass is 32.2. The summed E-state index contributed by atoms with van der Waals surface area (Å²) in [5.41, 5.74) is 3.00. The number of nitrogens with one attached hydrogen (secondary N) is 2. The molecule has 0 saturated carbocycles. The summed E-state index contributed by atoms with van der Waals surface area (Å²) in [5.74, 6) is 1.97. The SMILES string of the molecule is CCOc1ccc(C2SC(C)C(=O)Nc3n[nH]c(C)c32)cc1OC. The number of hydrogen-bond donors (Lipinski definition) is 2. The number of aryl methyl sites for hydroxylation is 1. The van der Waals surface area contributed by atoms with E-state index < -0.39 is 0 Å². The first-order chi connectivity index (χ1) is 11.5. The summed E-state index contributed by atoms with van der Waals surface area (Å²) in [6.07, 6.45) is 0. The number of carbonyl (C=O) groups excluding carboxylic acids is 1. The lowest BCUT2D eigenvalue weighted by molar-refractivity contribution is -0.115. The van der Waals surface area contributed by atoms with Crippen LogP contribution in [0.3, 0.4) is 0 Å². The minimum Gasteiger partial charge on any atom is -0.493 e. The first-order valence-corrected chi connectivity index (χ1v) is 8.81. The summed E-state index contributed by atoms with van der Waals surface area (Å²) in [4.78, 5) is 12.2. The predicted octanol–water partition coefficient (Wildman–Crippen LogP) is 3.29. The summed E-state index contributed by atoms with van der Waals surface area (Å²) >= 11 is 1.60. The molecule has 1 aliphatic rings. The van der Waals surface area contributed by atoms with Crippen molar-refractivity contribution in [2.75, 3.05) is 19.0 Å². The van der Waals surface area contributed by atoms with Crippen LogP contribution >= 0.6 is 11.8 Å². The van der Waals surface area contributed by atoms with Crippen LogP contribution in [0.1, 0.15) is 35.9 Å². The number of anilines is 1. The lowest BCUT2D eigenvalue weighted by Gasteiger charge is -2.19. The molecule has 2 heterocycles. The smallest absolute Gasteiger partial charge is 0.238 e. The summed E-state index contributed by atoms with van der Waals surface area (Å²) in [6.45, 7) is 6.39. The molecule has 1 aliphatic heterocycles. The van der Waals surface area contributed by atoms with Crippen LogP contribution in [0.4, 0.5) is 5.82 Å². The fourth-order valence-electron chi connectivity index (χ4n) is 2.77. The molecule has 6 nitrogen and oxygen atoms in total. The zero-order valence-corrected chi connectivity index (χ0v) is 15.0. The van der Waals surface area contributed by atoms with Gasteiger partial charge in [-0.2, -0.15) is 5.10 Å². The van der Waals surface area contributed by atoms with E-state index >= 15 is 0 Å². The molecule has 0 fully saturated rings. The highest BCUT2D eigenvalue weighted by Crippen LogP contribution is 2.46. The molecule has 1 aromatic heterocycles. The monoisotopic (exact) mass is 347 g/mol. The number of hydrogen-bond acceptors (Lipinski definition) is 5. The van der Waals surface area contributed by atoms with Crippen LogP contribution in [0, 0.1) is 6.92 Å². The number of aromatic nitrogens is 2.